The Hall–Kier alpha value is -2.77. The minimum Gasteiger partial charge on any atom is -0.497 e. The van der Waals surface area contributed by atoms with Crippen molar-refractivity contribution in [1.29, 1.82) is 0 Å². The minimum absolute atomic E-state index is 0.306. The first-order chi connectivity index (χ1) is 11.5. The molecule has 2 N–H and O–H groups in total. The third-order valence-corrected chi connectivity index (χ3v) is 2.90. The van der Waals surface area contributed by atoms with Crippen LogP contribution in [0.1, 0.15) is 13.8 Å². The molecule has 1 atom stereocenters. The second-order valence-electron chi connectivity index (χ2n) is 4.81. The Labute approximate surface area is 140 Å². The lowest BCUT2D eigenvalue weighted by Crippen LogP contribution is -2.46. The average molecular weight is 338 g/mol. The zero-order chi connectivity index (χ0) is 17.9. The van der Waals surface area contributed by atoms with Gasteiger partial charge in [-0.25, -0.2) is 4.79 Å². The van der Waals surface area contributed by atoms with Crippen LogP contribution in [-0.2, 0) is 19.1 Å². The van der Waals surface area contributed by atoms with Crippen molar-refractivity contribution >= 4 is 17.8 Å². The monoisotopic (exact) mass is 338 g/mol. The molecule has 0 fully saturated rings. The highest BCUT2D eigenvalue weighted by Gasteiger charge is 2.16. The number of amides is 2. The highest BCUT2D eigenvalue weighted by molar-refractivity contribution is 5.88. The molecule has 1 aromatic rings. The Kier molecular flexibility index (Phi) is 8.10. The number of methoxy groups -OCH3 is 1. The van der Waals surface area contributed by atoms with Crippen LogP contribution in [0, 0.1) is 0 Å². The third-order valence-electron chi connectivity index (χ3n) is 2.90. The number of esters is 1. The van der Waals surface area contributed by atoms with E-state index in [9.17, 15) is 14.4 Å². The zero-order valence-electron chi connectivity index (χ0n) is 14.0. The Balaban J connectivity index is 2.27. The second-order valence-corrected chi connectivity index (χ2v) is 4.81. The maximum atomic E-state index is 11.6. The number of rotatable bonds is 9. The SMILES string of the molecule is CCNC(=O)[C@H](C)NC(=O)COC(=O)COc1ccc(OC)cc1. The molecule has 132 valence electrons. The van der Waals surface area contributed by atoms with Gasteiger partial charge < -0.3 is 24.8 Å². The first kappa shape index (κ1) is 19.3. The van der Waals surface area contributed by atoms with E-state index >= 15 is 0 Å². The third kappa shape index (κ3) is 6.99. The number of ether oxygens (including phenoxy) is 3. The molecule has 0 aliphatic rings. The van der Waals surface area contributed by atoms with Crippen molar-refractivity contribution in [3.8, 4) is 11.5 Å². The molecule has 8 heteroatoms. The van der Waals surface area contributed by atoms with Gasteiger partial charge in [-0.2, -0.15) is 0 Å². The summed E-state index contributed by atoms with van der Waals surface area (Å²) in [6.07, 6.45) is 0. The molecule has 8 nitrogen and oxygen atoms in total. The molecule has 0 unspecified atom stereocenters. The van der Waals surface area contributed by atoms with Crippen LogP contribution < -0.4 is 20.1 Å². The van der Waals surface area contributed by atoms with Gasteiger partial charge in [0, 0.05) is 6.54 Å². The van der Waals surface area contributed by atoms with Gasteiger partial charge in [-0.3, -0.25) is 9.59 Å². The van der Waals surface area contributed by atoms with Crippen LogP contribution in [0.2, 0.25) is 0 Å². The molecular weight excluding hydrogens is 316 g/mol. The molecule has 0 saturated carbocycles. The number of likely N-dealkylation sites (N-methyl/N-ethyl adjacent to an activating group) is 1. The molecule has 0 bridgehead atoms. The molecule has 1 rings (SSSR count). The normalized spacial score (nSPS) is 11.1. The minimum atomic E-state index is -0.702. The molecule has 0 radical (unpaired) electrons. The molecule has 0 saturated heterocycles. The standard InChI is InChI=1S/C16H22N2O6/c1-4-17-16(21)11(2)18-14(19)9-24-15(20)10-23-13-7-5-12(22-3)6-8-13/h5-8,11H,4,9-10H2,1-3H3,(H,17,21)(H,18,19)/t11-/m0/s1. The van der Waals surface area contributed by atoms with E-state index in [2.05, 4.69) is 10.6 Å². The van der Waals surface area contributed by atoms with Crippen molar-refractivity contribution in [3.63, 3.8) is 0 Å². The Bertz CT molecular complexity index is 558. The summed E-state index contributed by atoms with van der Waals surface area (Å²) in [6.45, 7) is 2.98. The fourth-order valence-corrected chi connectivity index (χ4v) is 1.68. The van der Waals surface area contributed by atoms with E-state index in [1.807, 2.05) is 0 Å². The van der Waals surface area contributed by atoms with Gasteiger partial charge in [-0.15, -0.1) is 0 Å². The van der Waals surface area contributed by atoms with Crippen molar-refractivity contribution in [2.45, 2.75) is 19.9 Å². The molecule has 0 heterocycles. The van der Waals surface area contributed by atoms with Crippen molar-refractivity contribution in [2.24, 2.45) is 0 Å². The van der Waals surface area contributed by atoms with E-state index in [-0.39, 0.29) is 12.5 Å². The fourth-order valence-electron chi connectivity index (χ4n) is 1.68. The van der Waals surface area contributed by atoms with Gasteiger partial charge in [0.05, 0.1) is 7.11 Å². The van der Waals surface area contributed by atoms with Gasteiger partial charge in [0.1, 0.15) is 17.5 Å². The molecular formula is C16H22N2O6. The van der Waals surface area contributed by atoms with Crippen LogP contribution in [0.15, 0.2) is 24.3 Å². The molecule has 0 spiro atoms. The summed E-state index contributed by atoms with van der Waals surface area (Å²) >= 11 is 0. The molecule has 0 aliphatic heterocycles. The fraction of sp³-hybridized carbons (Fsp3) is 0.438. The van der Waals surface area contributed by atoms with Gasteiger partial charge >= 0.3 is 5.97 Å². The van der Waals surface area contributed by atoms with Crippen LogP contribution in [-0.4, -0.2) is 50.7 Å². The predicted molar refractivity (Wildman–Crippen MR) is 85.7 cm³/mol. The molecule has 24 heavy (non-hydrogen) atoms. The van der Waals surface area contributed by atoms with Crippen LogP contribution in [0.5, 0.6) is 11.5 Å². The molecule has 0 aromatic heterocycles. The maximum Gasteiger partial charge on any atom is 0.344 e. The summed E-state index contributed by atoms with van der Waals surface area (Å²) in [5, 5.41) is 5.00. The van der Waals surface area contributed by atoms with Crippen LogP contribution in [0.25, 0.3) is 0 Å². The molecule has 2 amide bonds. The second kappa shape index (κ2) is 10.1. The quantitative estimate of drug-likeness (QED) is 0.626. The van der Waals surface area contributed by atoms with Crippen molar-refractivity contribution < 1.29 is 28.6 Å². The number of carbonyl (C=O) groups excluding carboxylic acids is 3. The Morgan fingerprint density at radius 3 is 2.29 bits per heavy atom. The first-order valence-corrected chi connectivity index (χ1v) is 7.45. The van der Waals surface area contributed by atoms with Crippen LogP contribution in [0.3, 0.4) is 0 Å². The van der Waals surface area contributed by atoms with Crippen molar-refractivity contribution in [2.75, 3.05) is 26.9 Å². The van der Waals surface area contributed by atoms with Gasteiger partial charge in [0.25, 0.3) is 5.91 Å². The summed E-state index contributed by atoms with van der Waals surface area (Å²) in [5.41, 5.74) is 0. The summed E-state index contributed by atoms with van der Waals surface area (Å²) < 4.78 is 15.0. The van der Waals surface area contributed by atoms with Crippen molar-refractivity contribution in [1.82, 2.24) is 10.6 Å². The van der Waals surface area contributed by atoms with Crippen molar-refractivity contribution in [3.05, 3.63) is 24.3 Å². The van der Waals surface area contributed by atoms with E-state index in [4.69, 9.17) is 14.2 Å². The summed E-state index contributed by atoms with van der Waals surface area (Å²) in [5.74, 6) is -0.414. The molecule has 0 aliphatic carbocycles. The first-order valence-electron chi connectivity index (χ1n) is 7.45. The Morgan fingerprint density at radius 1 is 1.08 bits per heavy atom. The molecule has 1 aromatic carbocycles. The lowest BCUT2D eigenvalue weighted by atomic mass is 10.3. The predicted octanol–water partition coefficient (Wildman–Crippen LogP) is 0.258. The summed E-state index contributed by atoms with van der Waals surface area (Å²) in [7, 11) is 1.55. The highest BCUT2D eigenvalue weighted by atomic mass is 16.6. The van der Waals surface area contributed by atoms with E-state index in [0.29, 0.717) is 18.0 Å². The van der Waals surface area contributed by atoms with Gasteiger partial charge in [-0.1, -0.05) is 0 Å². The highest BCUT2D eigenvalue weighted by Crippen LogP contribution is 2.16. The average Bonchev–Trinajstić information content (AvgIpc) is 2.58. The van der Waals surface area contributed by atoms with Gasteiger partial charge in [0.15, 0.2) is 13.2 Å². The van der Waals surface area contributed by atoms with Gasteiger partial charge in [0.2, 0.25) is 5.91 Å². The smallest absolute Gasteiger partial charge is 0.344 e. The maximum absolute atomic E-state index is 11.6. The number of benzene rings is 1. The number of nitrogens with one attached hydrogen (secondary N) is 2. The lowest BCUT2D eigenvalue weighted by Gasteiger charge is -2.13. The van der Waals surface area contributed by atoms with E-state index < -0.39 is 24.5 Å². The number of carbonyl (C=O) groups is 3. The van der Waals surface area contributed by atoms with E-state index in [1.54, 1.807) is 38.3 Å². The number of hydrogen-bond donors (Lipinski definition) is 2. The zero-order valence-corrected chi connectivity index (χ0v) is 14.0. The summed E-state index contributed by atoms with van der Waals surface area (Å²) in [4.78, 5) is 34.6. The van der Waals surface area contributed by atoms with Crippen LogP contribution >= 0.6 is 0 Å². The van der Waals surface area contributed by atoms with Gasteiger partial charge in [-0.05, 0) is 38.1 Å². The van der Waals surface area contributed by atoms with E-state index in [0.717, 1.165) is 0 Å². The topological polar surface area (TPSA) is 103 Å². The van der Waals surface area contributed by atoms with Crippen LogP contribution in [0.4, 0.5) is 0 Å². The lowest BCUT2D eigenvalue weighted by molar-refractivity contribution is -0.150. The number of hydrogen-bond acceptors (Lipinski definition) is 6. The Morgan fingerprint density at radius 2 is 1.71 bits per heavy atom. The van der Waals surface area contributed by atoms with E-state index in [1.165, 1.54) is 6.92 Å². The summed E-state index contributed by atoms with van der Waals surface area (Å²) in [6, 6.07) is 5.97. The largest absolute Gasteiger partial charge is 0.497 e.